The highest BCUT2D eigenvalue weighted by atomic mass is 16.5. The average molecular weight is 138 g/mol. The fourth-order valence-corrected chi connectivity index (χ4v) is 1.18. The molecule has 0 spiro atoms. The second-order valence-electron chi connectivity index (χ2n) is 3.09. The van der Waals surface area contributed by atoms with Gasteiger partial charge in [0.25, 0.3) is 0 Å². The van der Waals surface area contributed by atoms with Crippen molar-refractivity contribution in [3.63, 3.8) is 0 Å². The van der Waals surface area contributed by atoms with Crippen LogP contribution in [0, 0.1) is 0 Å². The second kappa shape index (κ2) is 2.91. The molecule has 0 amide bonds. The van der Waals surface area contributed by atoms with Crippen molar-refractivity contribution < 1.29 is 4.74 Å². The normalized spacial score (nSPS) is 23.8. The summed E-state index contributed by atoms with van der Waals surface area (Å²) in [7, 11) is 0. The molecule has 0 fully saturated rings. The van der Waals surface area contributed by atoms with Crippen LogP contribution in [0.4, 0.5) is 0 Å². The number of hydrogen-bond donors (Lipinski definition) is 0. The zero-order chi connectivity index (χ0) is 7.56. The van der Waals surface area contributed by atoms with Crippen LogP contribution >= 0.6 is 0 Å². The van der Waals surface area contributed by atoms with E-state index in [0.717, 1.165) is 12.8 Å². The Bertz CT molecular complexity index is 168. The quantitative estimate of drug-likeness (QED) is 0.533. The lowest BCUT2D eigenvalue weighted by Crippen LogP contribution is -2.04. The number of rotatable bonds is 2. The first-order valence-electron chi connectivity index (χ1n) is 3.64. The molecule has 10 heavy (non-hydrogen) atoms. The van der Waals surface area contributed by atoms with Gasteiger partial charge < -0.3 is 4.74 Å². The maximum Gasteiger partial charge on any atom is 0.105 e. The van der Waals surface area contributed by atoms with Crippen LogP contribution in [0.1, 0.15) is 26.7 Å². The third-order valence-electron chi connectivity index (χ3n) is 1.59. The molecule has 56 valence electrons. The first-order chi connectivity index (χ1) is 4.68. The van der Waals surface area contributed by atoms with Gasteiger partial charge in [-0.3, -0.25) is 0 Å². The van der Waals surface area contributed by atoms with Gasteiger partial charge in [0.05, 0.1) is 6.26 Å². The molecule has 0 saturated carbocycles. The van der Waals surface area contributed by atoms with E-state index in [-0.39, 0.29) is 0 Å². The lowest BCUT2D eigenvalue weighted by Gasteiger charge is -2.08. The molecule has 1 atom stereocenters. The van der Waals surface area contributed by atoms with Gasteiger partial charge in [-0.1, -0.05) is 5.57 Å². The Hall–Kier alpha value is -0.720. The summed E-state index contributed by atoms with van der Waals surface area (Å²) in [6.45, 7) is 7.97. The van der Waals surface area contributed by atoms with Crippen molar-refractivity contribution in [2.24, 2.45) is 0 Å². The van der Waals surface area contributed by atoms with Gasteiger partial charge in [0.15, 0.2) is 0 Å². The molecule has 0 N–H and O–H groups in total. The largest absolute Gasteiger partial charge is 0.497 e. The third kappa shape index (κ3) is 1.90. The van der Waals surface area contributed by atoms with E-state index in [9.17, 15) is 0 Å². The molecular weight excluding hydrogens is 124 g/mol. The van der Waals surface area contributed by atoms with Crippen molar-refractivity contribution in [1.29, 1.82) is 0 Å². The molecule has 0 aromatic carbocycles. The zero-order valence-electron chi connectivity index (χ0n) is 6.68. The Morgan fingerprint density at radius 2 is 2.60 bits per heavy atom. The molecule has 1 rings (SSSR count). The third-order valence-corrected chi connectivity index (χ3v) is 1.59. The van der Waals surface area contributed by atoms with Gasteiger partial charge in [-0.15, -0.1) is 6.58 Å². The highest BCUT2D eigenvalue weighted by molar-refractivity contribution is 5.04. The van der Waals surface area contributed by atoms with E-state index in [1.807, 2.05) is 13.2 Å². The van der Waals surface area contributed by atoms with Crippen LogP contribution in [0.15, 0.2) is 24.0 Å². The van der Waals surface area contributed by atoms with Gasteiger partial charge in [-0.2, -0.15) is 0 Å². The van der Waals surface area contributed by atoms with Crippen molar-refractivity contribution in [1.82, 2.24) is 0 Å². The second-order valence-corrected chi connectivity index (χ2v) is 3.09. The minimum absolute atomic E-state index is 0.373. The SMILES string of the molecule is C=C(C)C[C@H]1CC(C)=CO1. The van der Waals surface area contributed by atoms with E-state index in [4.69, 9.17) is 4.74 Å². The van der Waals surface area contributed by atoms with Crippen molar-refractivity contribution in [2.75, 3.05) is 0 Å². The molecule has 1 heteroatoms. The molecule has 0 unspecified atom stereocenters. The van der Waals surface area contributed by atoms with Gasteiger partial charge in [-0.05, 0) is 19.4 Å². The van der Waals surface area contributed by atoms with E-state index in [0.29, 0.717) is 6.10 Å². The molecule has 1 aliphatic heterocycles. The van der Waals surface area contributed by atoms with Crippen molar-refractivity contribution in [3.8, 4) is 0 Å². The van der Waals surface area contributed by atoms with Gasteiger partial charge in [0.1, 0.15) is 6.10 Å². The average Bonchev–Trinajstić information content (AvgIpc) is 2.13. The fraction of sp³-hybridized carbons (Fsp3) is 0.556. The summed E-state index contributed by atoms with van der Waals surface area (Å²) in [5.41, 5.74) is 2.54. The Morgan fingerprint density at radius 1 is 1.90 bits per heavy atom. The van der Waals surface area contributed by atoms with E-state index in [1.165, 1.54) is 11.1 Å². The summed E-state index contributed by atoms with van der Waals surface area (Å²) in [6, 6.07) is 0. The Labute approximate surface area is 62.4 Å². The van der Waals surface area contributed by atoms with Crippen LogP contribution in [-0.4, -0.2) is 6.10 Å². The van der Waals surface area contributed by atoms with Crippen molar-refractivity contribution in [3.05, 3.63) is 24.0 Å². The molecule has 1 nitrogen and oxygen atoms in total. The van der Waals surface area contributed by atoms with Crippen LogP contribution in [0.25, 0.3) is 0 Å². The van der Waals surface area contributed by atoms with Crippen molar-refractivity contribution >= 4 is 0 Å². The predicted octanol–water partition coefficient (Wildman–Crippen LogP) is 2.65. The van der Waals surface area contributed by atoms with Crippen LogP contribution in [0.3, 0.4) is 0 Å². The Morgan fingerprint density at radius 3 is 3.00 bits per heavy atom. The summed E-state index contributed by atoms with van der Waals surface area (Å²) >= 11 is 0. The van der Waals surface area contributed by atoms with Crippen molar-refractivity contribution in [2.45, 2.75) is 32.8 Å². The standard InChI is InChI=1S/C9H14O/c1-7(2)4-9-5-8(3)6-10-9/h6,9H,1,4-5H2,2-3H3/t9-/m0/s1. The van der Waals surface area contributed by atoms with E-state index in [1.54, 1.807) is 0 Å². The van der Waals surface area contributed by atoms with Crippen LogP contribution in [0.5, 0.6) is 0 Å². The summed E-state index contributed by atoms with van der Waals surface area (Å²) in [5.74, 6) is 0. The zero-order valence-corrected chi connectivity index (χ0v) is 6.68. The summed E-state index contributed by atoms with van der Waals surface area (Å²) in [5, 5.41) is 0. The van der Waals surface area contributed by atoms with Gasteiger partial charge in [0.2, 0.25) is 0 Å². The van der Waals surface area contributed by atoms with Gasteiger partial charge >= 0.3 is 0 Å². The highest BCUT2D eigenvalue weighted by Crippen LogP contribution is 2.21. The predicted molar refractivity (Wildman–Crippen MR) is 42.7 cm³/mol. The minimum Gasteiger partial charge on any atom is -0.497 e. The number of ether oxygens (including phenoxy) is 1. The maximum atomic E-state index is 5.35. The van der Waals surface area contributed by atoms with E-state index in [2.05, 4.69) is 13.5 Å². The molecule has 0 saturated heterocycles. The monoisotopic (exact) mass is 138 g/mol. The molecule has 0 radical (unpaired) electrons. The van der Waals surface area contributed by atoms with E-state index < -0.39 is 0 Å². The summed E-state index contributed by atoms with van der Waals surface area (Å²) in [6.07, 6.45) is 4.30. The van der Waals surface area contributed by atoms with Crippen LogP contribution in [-0.2, 0) is 4.74 Å². The molecule has 0 aliphatic carbocycles. The smallest absolute Gasteiger partial charge is 0.105 e. The maximum absolute atomic E-state index is 5.35. The first kappa shape index (κ1) is 7.39. The molecular formula is C9H14O. The topological polar surface area (TPSA) is 9.23 Å². The minimum atomic E-state index is 0.373. The van der Waals surface area contributed by atoms with E-state index >= 15 is 0 Å². The van der Waals surface area contributed by atoms with Crippen LogP contribution in [0.2, 0.25) is 0 Å². The number of hydrogen-bond acceptors (Lipinski definition) is 1. The Kier molecular flexibility index (Phi) is 2.15. The molecule has 0 bridgehead atoms. The Balaban J connectivity index is 2.29. The first-order valence-corrected chi connectivity index (χ1v) is 3.64. The molecule has 0 aromatic rings. The summed E-state index contributed by atoms with van der Waals surface area (Å²) in [4.78, 5) is 0. The lowest BCUT2D eigenvalue weighted by molar-refractivity contribution is 0.170. The highest BCUT2D eigenvalue weighted by Gasteiger charge is 2.14. The summed E-state index contributed by atoms with van der Waals surface area (Å²) < 4.78 is 5.35. The lowest BCUT2D eigenvalue weighted by atomic mass is 10.1. The van der Waals surface area contributed by atoms with Gasteiger partial charge in [-0.25, -0.2) is 0 Å². The fourth-order valence-electron chi connectivity index (χ4n) is 1.18. The molecule has 0 aromatic heterocycles. The molecule has 1 aliphatic rings. The van der Waals surface area contributed by atoms with Gasteiger partial charge in [0, 0.05) is 12.8 Å². The molecule has 1 heterocycles. The van der Waals surface area contributed by atoms with Crippen LogP contribution < -0.4 is 0 Å².